The summed E-state index contributed by atoms with van der Waals surface area (Å²) in [4.78, 5) is 0.422. The maximum absolute atomic E-state index is 13.4. The Balaban J connectivity index is 2.24. The Bertz CT molecular complexity index is 875. The molecule has 0 fully saturated rings. The van der Waals surface area contributed by atoms with E-state index in [4.69, 9.17) is 5.73 Å². The minimum atomic E-state index is -3.63. The van der Waals surface area contributed by atoms with E-state index in [1.165, 1.54) is 4.31 Å². The number of benzene rings is 2. The maximum atomic E-state index is 13.4. The van der Waals surface area contributed by atoms with Gasteiger partial charge in [-0.25, -0.2) is 8.42 Å². The van der Waals surface area contributed by atoms with Gasteiger partial charge in [0, 0.05) is 6.54 Å². The van der Waals surface area contributed by atoms with E-state index in [-0.39, 0.29) is 0 Å². The van der Waals surface area contributed by atoms with Gasteiger partial charge in [0.15, 0.2) is 0 Å². The Kier molecular flexibility index (Phi) is 3.64. The molecule has 0 saturated heterocycles. The molecule has 0 atom stereocenters. The van der Waals surface area contributed by atoms with Gasteiger partial charge < -0.3 is 5.73 Å². The Hall–Kier alpha value is -2.01. The number of hydrogen-bond acceptors (Lipinski definition) is 3. The van der Waals surface area contributed by atoms with Gasteiger partial charge in [-0.1, -0.05) is 18.2 Å². The van der Waals surface area contributed by atoms with Crippen molar-refractivity contribution in [2.45, 2.75) is 39.0 Å². The number of aryl methyl sites for hydroxylation is 2. The minimum Gasteiger partial charge on any atom is -0.397 e. The van der Waals surface area contributed by atoms with Crippen LogP contribution in [0.25, 0.3) is 0 Å². The van der Waals surface area contributed by atoms with Gasteiger partial charge in [0.05, 0.1) is 16.3 Å². The second-order valence-electron chi connectivity index (χ2n) is 6.27. The smallest absolute Gasteiger partial charge is 0.264 e. The van der Waals surface area contributed by atoms with Crippen LogP contribution in [0.2, 0.25) is 0 Å². The summed E-state index contributed by atoms with van der Waals surface area (Å²) in [5, 5.41) is 0. The van der Waals surface area contributed by atoms with Gasteiger partial charge >= 0.3 is 0 Å². The maximum Gasteiger partial charge on any atom is 0.264 e. The average molecular weight is 330 g/mol. The largest absolute Gasteiger partial charge is 0.397 e. The van der Waals surface area contributed by atoms with E-state index in [1.54, 1.807) is 6.07 Å². The third-order valence-electron chi connectivity index (χ3n) is 4.83. The van der Waals surface area contributed by atoms with Crippen LogP contribution in [-0.4, -0.2) is 15.0 Å². The molecule has 0 saturated carbocycles. The summed E-state index contributed by atoms with van der Waals surface area (Å²) in [5.41, 5.74) is 11.8. The number of nitrogens with zero attached hydrogens (tertiary/aromatic N) is 1. The third-order valence-corrected chi connectivity index (χ3v) is 6.90. The second kappa shape index (κ2) is 5.27. The molecule has 0 aromatic heterocycles. The van der Waals surface area contributed by atoms with Crippen molar-refractivity contribution >= 4 is 21.4 Å². The fraction of sp³-hybridized carbons (Fsp3) is 0.333. The zero-order chi connectivity index (χ0) is 16.9. The molecule has 0 unspecified atom stereocenters. The lowest BCUT2D eigenvalue weighted by atomic mass is 10.0. The minimum absolute atomic E-state index is 0.422. The Morgan fingerprint density at radius 3 is 2.26 bits per heavy atom. The molecule has 0 amide bonds. The van der Waals surface area contributed by atoms with Crippen LogP contribution >= 0.6 is 0 Å². The van der Waals surface area contributed by atoms with E-state index in [1.807, 2.05) is 45.9 Å². The molecule has 0 aliphatic carbocycles. The Morgan fingerprint density at radius 1 is 1.04 bits per heavy atom. The van der Waals surface area contributed by atoms with Crippen molar-refractivity contribution in [1.29, 1.82) is 0 Å². The lowest BCUT2D eigenvalue weighted by Crippen LogP contribution is -2.31. The molecule has 1 aliphatic heterocycles. The van der Waals surface area contributed by atoms with Crippen LogP contribution < -0.4 is 10.0 Å². The molecule has 5 heteroatoms. The number of hydrogen-bond donors (Lipinski definition) is 1. The molecule has 3 rings (SSSR count). The first-order valence-corrected chi connectivity index (χ1v) is 9.16. The molecule has 23 heavy (non-hydrogen) atoms. The van der Waals surface area contributed by atoms with Crippen molar-refractivity contribution < 1.29 is 8.42 Å². The molecule has 1 aliphatic rings. The number of fused-ring (bicyclic) bond motifs is 1. The van der Waals surface area contributed by atoms with Crippen LogP contribution in [0.4, 0.5) is 11.4 Å². The topological polar surface area (TPSA) is 63.4 Å². The highest BCUT2D eigenvalue weighted by atomic mass is 32.2. The van der Waals surface area contributed by atoms with E-state index in [0.717, 1.165) is 27.8 Å². The fourth-order valence-electron chi connectivity index (χ4n) is 3.37. The summed E-state index contributed by atoms with van der Waals surface area (Å²) in [6, 6.07) is 7.61. The first-order chi connectivity index (χ1) is 10.7. The van der Waals surface area contributed by atoms with E-state index < -0.39 is 10.0 Å². The highest BCUT2D eigenvalue weighted by Gasteiger charge is 2.34. The first-order valence-electron chi connectivity index (χ1n) is 7.72. The van der Waals surface area contributed by atoms with Crippen LogP contribution in [0.3, 0.4) is 0 Å². The standard InChI is InChI=1S/C18H22N2O2S/c1-11-10-12(2)14(4)18(13(11)3)23(21,22)20-9-8-15-6-5-7-16(19)17(15)20/h5-7,10H,8-9,19H2,1-4H3. The van der Waals surface area contributed by atoms with E-state index >= 15 is 0 Å². The second-order valence-corrected chi connectivity index (χ2v) is 8.07. The van der Waals surface area contributed by atoms with Crippen LogP contribution in [0.1, 0.15) is 27.8 Å². The van der Waals surface area contributed by atoms with Crippen LogP contribution in [0.5, 0.6) is 0 Å². The molecule has 1 heterocycles. The van der Waals surface area contributed by atoms with Crippen LogP contribution in [0.15, 0.2) is 29.2 Å². The van der Waals surface area contributed by atoms with E-state index in [0.29, 0.717) is 29.2 Å². The number of nitrogen functional groups attached to an aromatic ring is 1. The highest BCUT2D eigenvalue weighted by molar-refractivity contribution is 7.93. The number of nitrogens with two attached hydrogens (primary N) is 1. The lowest BCUT2D eigenvalue weighted by molar-refractivity contribution is 0.591. The summed E-state index contributed by atoms with van der Waals surface area (Å²) < 4.78 is 28.2. The predicted molar refractivity (Wildman–Crippen MR) is 94.5 cm³/mol. The first kappa shape index (κ1) is 15.9. The molecular weight excluding hydrogens is 308 g/mol. The zero-order valence-corrected chi connectivity index (χ0v) is 14.8. The molecule has 2 aromatic rings. The summed E-state index contributed by atoms with van der Waals surface area (Å²) in [6.45, 7) is 8.10. The summed E-state index contributed by atoms with van der Waals surface area (Å²) in [7, 11) is -3.63. The van der Waals surface area contributed by atoms with Gasteiger partial charge in [0.2, 0.25) is 0 Å². The molecule has 2 N–H and O–H groups in total. The Labute approximate surface area is 138 Å². The van der Waals surface area contributed by atoms with Crippen molar-refractivity contribution in [2.75, 3.05) is 16.6 Å². The SMILES string of the molecule is Cc1cc(C)c(C)c(S(=O)(=O)N2CCc3cccc(N)c32)c1C. The summed E-state index contributed by atoms with van der Waals surface area (Å²) >= 11 is 0. The highest BCUT2D eigenvalue weighted by Crippen LogP contribution is 2.39. The van der Waals surface area contributed by atoms with Gasteiger partial charge in [0.1, 0.15) is 0 Å². The van der Waals surface area contributed by atoms with Crippen molar-refractivity contribution in [3.63, 3.8) is 0 Å². The summed E-state index contributed by atoms with van der Waals surface area (Å²) in [5.74, 6) is 0. The van der Waals surface area contributed by atoms with Crippen molar-refractivity contribution in [3.05, 3.63) is 52.1 Å². The number of para-hydroxylation sites is 1. The monoisotopic (exact) mass is 330 g/mol. The molecule has 0 bridgehead atoms. The molecular formula is C18H22N2O2S. The normalized spacial score (nSPS) is 14.2. The molecule has 122 valence electrons. The molecule has 0 radical (unpaired) electrons. The van der Waals surface area contributed by atoms with Crippen LogP contribution in [0, 0.1) is 27.7 Å². The number of rotatable bonds is 2. The molecule has 2 aromatic carbocycles. The Morgan fingerprint density at radius 2 is 1.65 bits per heavy atom. The van der Waals surface area contributed by atoms with Gasteiger partial charge in [-0.2, -0.15) is 0 Å². The average Bonchev–Trinajstić information content (AvgIpc) is 2.91. The fourth-order valence-corrected chi connectivity index (χ4v) is 5.48. The van der Waals surface area contributed by atoms with E-state index in [2.05, 4.69) is 0 Å². The zero-order valence-electron chi connectivity index (χ0n) is 14.0. The number of anilines is 2. The van der Waals surface area contributed by atoms with Gasteiger partial charge in [-0.05, 0) is 68.0 Å². The van der Waals surface area contributed by atoms with E-state index in [9.17, 15) is 8.42 Å². The molecule has 4 nitrogen and oxygen atoms in total. The van der Waals surface area contributed by atoms with Crippen molar-refractivity contribution in [3.8, 4) is 0 Å². The van der Waals surface area contributed by atoms with Crippen LogP contribution in [-0.2, 0) is 16.4 Å². The van der Waals surface area contributed by atoms with Crippen molar-refractivity contribution in [2.24, 2.45) is 0 Å². The predicted octanol–water partition coefficient (Wildman–Crippen LogP) is 3.25. The lowest BCUT2D eigenvalue weighted by Gasteiger charge is -2.24. The quantitative estimate of drug-likeness (QED) is 0.860. The van der Waals surface area contributed by atoms with Gasteiger partial charge in [0.25, 0.3) is 10.0 Å². The van der Waals surface area contributed by atoms with Gasteiger partial charge in [-0.15, -0.1) is 0 Å². The van der Waals surface area contributed by atoms with Gasteiger partial charge in [-0.3, -0.25) is 4.31 Å². The molecule has 0 spiro atoms. The third kappa shape index (κ3) is 2.30. The summed E-state index contributed by atoms with van der Waals surface area (Å²) in [6.07, 6.45) is 0.697. The van der Waals surface area contributed by atoms with Crippen molar-refractivity contribution in [1.82, 2.24) is 0 Å². The number of sulfonamides is 1.